The van der Waals surface area contributed by atoms with Crippen LogP contribution in [0.1, 0.15) is 12.8 Å². The second-order valence-corrected chi connectivity index (χ2v) is 6.36. The Hall–Kier alpha value is -1.01. The van der Waals surface area contributed by atoms with Gasteiger partial charge < -0.3 is 10.2 Å². The van der Waals surface area contributed by atoms with Crippen molar-refractivity contribution < 1.29 is 4.79 Å². The summed E-state index contributed by atoms with van der Waals surface area (Å²) in [6.07, 6.45) is 5.36. The smallest absolute Gasteiger partial charge is 0.250 e. The maximum absolute atomic E-state index is 13.0. The van der Waals surface area contributed by atoms with Crippen LogP contribution in [0.3, 0.4) is 0 Å². The monoisotopic (exact) mass is 280 g/mol. The van der Waals surface area contributed by atoms with Gasteiger partial charge in [0.15, 0.2) is 0 Å². The molecule has 0 aromatic carbocycles. The van der Waals surface area contributed by atoms with Crippen LogP contribution in [0.15, 0.2) is 18.5 Å². The number of rotatable bonds is 2. The first-order valence-electron chi connectivity index (χ1n) is 6.91. The molecule has 1 amide bonds. The van der Waals surface area contributed by atoms with Gasteiger partial charge in [-0.3, -0.25) is 9.48 Å². The molecule has 2 saturated heterocycles. The zero-order valence-corrected chi connectivity index (χ0v) is 11.9. The van der Waals surface area contributed by atoms with E-state index in [4.69, 9.17) is 0 Å². The Kier molecular flexibility index (Phi) is 3.79. The van der Waals surface area contributed by atoms with Gasteiger partial charge in [0.25, 0.3) is 5.91 Å². The van der Waals surface area contributed by atoms with E-state index >= 15 is 0 Å². The predicted molar refractivity (Wildman–Crippen MR) is 76.2 cm³/mol. The first kappa shape index (κ1) is 13.0. The van der Waals surface area contributed by atoms with Crippen molar-refractivity contribution in [3.63, 3.8) is 0 Å². The molecule has 0 aliphatic carbocycles. The van der Waals surface area contributed by atoms with Crippen LogP contribution in [-0.4, -0.2) is 58.3 Å². The van der Waals surface area contributed by atoms with E-state index in [1.54, 1.807) is 6.20 Å². The Bertz CT molecular complexity index is 422. The fraction of sp³-hybridized carbons (Fsp3) is 0.692. The van der Waals surface area contributed by atoms with Crippen LogP contribution in [0.4, 0.5) is 0 Å². The minimum Gasteiger partial charge on any atom is -0.339 e. The second kappa shape index (κ2) is 5.54. The number of carbonyl (C=O) groups excluding carboxylic acids is 1. The molecule has 5 nitrogen and oxygen atoms in total. The maximum atomic E-state index is 13.0. The summed E-state index contributed by atoms with van der Waals surface area (Å²) in [6, 6.07) is 1.91. The van der Waals surface area contributed by atoms with E-state index < -0.39 is 5.54 Å². The number of nitrogens with zero attached hydrogens (tertiary/aromatic N) is 3. The highest BCUT2D eigenvalue weighted by Gasteiger charge is 2.44. The molecule has 2 aliphatic rings. The molecule has 0 atom stereocenters. The van der Waals surface area contributed by atoms with Crippen LogP contribution in [0.25, 0.3) is 0 Å². The lowest BCUT2D eigenvalue weighted by molar-refractivity contribution is -0.142. The van der Waals surface area contributed by atoms with Gasteiger partial charge in [0.2, 0.25) is 0 Å². The number of hydrogen-bond acceptors (Lipinski definition) is 4. The summed E-state index contributed by atoms with van der Waals surface area (Å²) in [5.74, 6) is 2.37. The summed E-state index contributed by atoms with van der Waals surface area (Å²) in [4.78, 5) is 15.0. The highest BCUT2D eigenvalue weighted by atomic mass is 32.2. The molecule has 2 aliphatic heterocycles. The van der Waals surface area contributed by atoms with Crippen LogP contribution >= 0.6 is 11.8 Å². The molecule has 0 bridgehead atoms. The molecule has 0 radical (unpaired) electrons. The Morgan fingerprint density at radius 3 is 2.63 bits per heavy atom. The molecule has 1 aromatic rings. The van der Waals surface area contributed by atoms with Crippen molar-refractivity contribution in [1.82, 2.24) is 20.0 Å². The van der Waals surface area contributed by atoms with Crippen molar-refractivity contribution in [1.29, 1.82) is 0 Å². The Morgan fingerprint density at radius 2 is 2.00 bits per heavy atom. The number of nitrogens with one attached hydrogen (secondary N) is 1. The van der Waals surface area contributed by atoms with Crippen LogP contribution in [-0.2, 0) is 10.3 Å². The summed E-state index contributed by atoms with van der Waals surface area (Å²) in [6.45, 7) is 3.52. The highest BCUT2D eigenvalue weighted by molar-refractivity contribution is 7.99. The van der Waals surface area contributed by atoms with E-state index in [-0.39, 0.29) is 5.91 Å². The molecule has 1 N–H and O–H groups in total. The Morgan fingerprint density at radius 1 is 1.26 bits per heavy atom. The van der Waals surface area contributed by atoms with E-state index in [9.17, 15) is 4.79 Å². The Balaban J connectivity index is 1.88. The molecule has 104 valence electrons. The third-order valence-electron chi connectivity index (χ3n) is 4.07. The van der Waals surface area contributed by atoms with Crippen molar-refractivity contribution in [3.05, 3.63) is 18.5 Å². The van der Waals surface area contributed by atoms with Crippen molar-refractivity contribution in [2.45, 2.75) is 18.4 Å². The van der Waals surface area contributed by atoms with Gasteiger partial charge >= 0.3 is 0 Å². The summed E-state index contributed by atoms with van der Waals surface area (Å²) >= 11 is 1.93. The number of thioether (sulfide) groups is 1. The molecule has 1 aromatic heterocycles. The zero-order chi connectivity index (χ0) is 13.1. The van der Waals surface area contributed by atoms with Crippen LogP contribution < -0.4 is 5.32 Å². The number of amides is 1. The standard InChI is InChI=1S/C13H20N4OS/c18-12(16-8-10-19-11-9-16)13(2-5-14-6-3-13)17-7-1-4-15-17/h1,4,7,14H,2-3,5-6,8-11H2. The molecular weight excluding hydrogens is 260 g/mol. The molecule has 3 rings (SSSR count). The second-order valence-electron chi connectivity index (χ2n) is 5.14. The molecule has 0 spiro atoms. The quantitative estimate of drug-likeness (QED) is 0.859. The number of piperidine rings is 1. The van der Waals surface area contributed by atoms with Gasteiger partial charge in [0.05, 0.1) is 0 Å². The summed E-state index contributed by atoms with van der Waals surface area (Å²) in [5.41, 5.74) is -0.462. The van der Waals surface area contributed by atoms with Crippen LogP contribution in [0.2, 0.25) is 0 Å². The van der Waals surface area contributed by atoms with E-state index in [0.29, 0.717) is 0 Å². The molecular formula is C13H20N4OS. The van der Waals surface area contributed by atoms with Gasteiger partial charge in [0, 0.05) is 37.0 Å². The van der Waals surface area contributed by atoms with Crippen molar-refractivity contribution in [3.8, 4) is 0 Å². The molecule has 6 heteroatoms. The van der Waals surface area contributed by atoms with Gasteiger partial charge in [-0.25, -0.2) is 0 Å². The first-order valence-corrected chi connectivity index (χ1v) is 8.06. The number of carbonyl (C=O) groups is 1. The van der Waals surface area contributed by atoms with Crippen LogP contribution in [0, 0.1) is 0 Å². The van der Waals surface area contributed by atoms with Crippen molar-refractivity contribution in [2.75, 3.05) is 37.7 Å². The number of hydrogen-bond donors (Lipinski definition) is 1. The lowest BCUT2D eigenvalue weighted by atomic mass is 9.86. The fourth-order valence-electron chi connectivity index (χ4n) is 2.96. The van der Waals surface area contributed by atoms with Gasteiger partial charge in [-0.15, -0.1) is 0 Å². The highest BCUT2D eigenvalue weighted by Crippen LogP contribution is 2.30. The van der Waals surface area contributed by atoms with Gasteiger partial charge in [-0.2, -0.15) is 16.9 Å². The summed E-state index contributed by atoms with van der Waals surface area (Å²) in [7, 11) is 0. The maximum Gasteiger partial charge on any atom is 0.250 e. The van der Waals surface area contributed by atoms with Crippen molar-refractivity contribution in [2.24, 2.45) is 0 Å². The predicted octanol–water partition coefficient (Wildman–Crippen LogP) is 0.537. The van der Waals surface area contributed by atoms with E-state index in [1.807, 2.05) is 33.6 Å². The minimum absolute atomic E-state index is 0.262. The van der Waals surface area contributed by atoms with Gasteiger partial charge in [0.1, 0.15) is 5.54 Å². The SMILES string of the molecule is O=C(N1CCSCC1)C1(n2cccn2)CCNCC1. The number of aromatic nitrogens is 2. The van der Waals surface area contributed by atoms with E-state index in [0.717, 1.165) is 50.5 Å². The zero-order valence-electron chi connectivity index (χ0n) is 11.0. The largest absolute Gasteiger partial charge is 0.339 e. The topological polar surface area (TPSA) is 50.2 Å². The van der Waals surface area contributed by atoms with Crippen LogP contribution in [0.5, 0.6) is 0 Å². The lowest BCUT2D eigenvalue weighted by Gasteiger charge is -2.41. The fourth-order valence-corrected chi connectivity index (χ4v) is 3.87. The molecule has 19 heavy (non-hydrogen) atoms. The third kappa shape index (κ3) is 2.39. The molecule has 0 unspecified atom stereocenters. The molecule has 0 saturated carbocycles. The van der Waals surface area contributed by atoms with E-state index in [2.05, 4.69) is 10.4 Å². The average Bonchev–Trinajstić information content (AvgIpc) is 3.03. The molecule has 2 fully saturated rings. The van der Waals surface area contributed by atoms with Gasteiger partial charge in [-0.05, 0) is 32.0 Å². The first-order chi connectivity index (χ1) is 9.33. The third-order valence-corrected chi connectivity index (χ3v) is 5.01. The van der Waals surface area contributed by atoms with Crippen molar-refractivity contribution >= 4 is 17.7 Å². The van der Waals surface area contributed by atoms with Gasteiger partial charge in [-0.1, -0.05) is 0 Å². The lowest BCUT2D eigenvalue weighted by Crippen LogP contribution is -2.57. The summed E-state index contributed by atoms with van der Waals surface area (Å²) < 4.78 is 1.89. The minimum atomic E-state index is -0.462. The summed E-state index contributed by atoms with van der Waals surface area (Å²) in [5, 5.41) is 7.71. The molecule has 3 heterocycles. The van der Waals surface area contributed by atoms with E-state index in [1.165, 1.54) is 0 Å². The average molecular weight is 280 g/mol. The Labute approximate surface area is 117 Å². The normalized spacial score (nSPS) is 23.3.